The number of rotatable bonds is 5. The van der Waals surface area contributed by atoms with Crippen molar-refractivity contribution in [3.8, 4) is 0 Å². The Morgan fingerprint density at radius 2 is 0.902 bits per heavy atom. The van der Waals surface area contributed by atoms with Crippen molar-refractivity contribution in [2.45, 2.75) is 6.18 Å². The van der Waals surface area contributed by atoms with Crippen LogP contribution in [0.4, 0.5) is 13.2 Å². The molecule has 0 saturated carbocycles. The van der Waals surface area contributed by atoms with E-state index in [1.807, 2.05) is 0 Å². The van der Waals surface area contributed by atoms with Crippen molar-refractivity contribution in [3.63, 3.8) is 0 Å². The first-order valence-electron chi connectivity index (χ1n) is 13.1. The van der Waals surface area contributed by atoms with Crippen molar-refractivity contribution >= 4 is 61.5 Å². The van der Waals surface area contributed by atoms with Gasteiger partial charge in [0, 0.05) is 0 Å². The maximum atomic E-state index is 10.6. The van der Waals surface area contributed by atoms with Gasteiger partial charge >= 0.3 is 214 Å². The second kappa shape index (κ2) is 11.6. The van der Waals surface area contributed by atoms with Crippen LogP contribution in [0.1, 0.15) is 0 Å². The maximum absolute atomic E-state index is 10.6. The quantitative estimate of drug-likeness (QED) is 0.169. The van der Waals surface area contributed by atoms with Gasteiger partial charge in [-0.05, 0) is 0 Å². The van der Waals surface area contributed by atoms with Gasteiger partial charge in [0.15, 0.2) is 0 Å². The average molecular weight is 569 g/mol. The summed E-state index contributed by atoms with van der Waals surface area (Å²) in [7, 11) is -2.54. The zero-order chi connectivity index (χ0) is 29.0. The van der Waals surface area contributed by atoms with Crippen molar-refractivity contribution in [1.29, 1.82) is 0 Å². The number of carbonyl (C=O) groups is 1. The fourth-order valence-electron chi connectivity index (χ4n) is 5.77. The van der Waals surface area contributed by atoms with E-state index in [0.29, 0.717) is 0 Å². The SMILES string of the molecule is C=CC[PH](c1cccc2ccccc12)(c1cccc2ccccc12)c1cccc2ccccc12.O=C(O)C(F)(F)F. The molecule has 0 saturated heterocycles. The second-order valence-electron chi connectivity index (χ2n) is 9.78. The molecule has 6 heteroatoms. The molecule has 0 aliphatic heterocycles. The summed E-state index contributed by atoms with van der Waals surface area (Å²) < 4.78 is 31.7. The Hall–Kier alpha value is -4.47. The molecule has 0 aromatic heterocycles. The van der Waals surface area contributed by atoms with Gasteiger partial charge in [0.05, 0.1) is 0 Å². The van der Waals surface area contributed by atoms with Gasteiger partial charge in [-0.2, -0.15) is 13.2 Å². The number of alkyl halides is 3. The molecular weight excluding hydrogens is 540 g/mol. The van der Waals surface area contributed by atoms with Crippen LogP contribution in [0.15, 0.2) is 140 Å². The van der Waals surface area contributed by atoms with Crippen LogP contribution in [-0.2, 0) is 4.79 Å². The summed E-state index contributed by atoms with van der Waals surface area (Å²) in [4.78, 5) is 8.90. The van der Waals surface area contributed by atoms with E-state index in [9.17, 15) is 13.2 Å². The van der Waals surface area contributed by atoms with E-state index in [1.54, 1.807) is 0 Å². The van der Waals surface area contributed by atoms with Gasteiger partial charge in [0.1, 0.15) is 0 Å². The summed E-state index contributed by atoms with van der Waals surface area (Å²) in [6.07, 6.45) is -2.00. The van der Waals surface area contributed by atoms with Gasteiger partial charge in [0.25, 0.3) is 0 Å². The zero-order valence-electron chi connectivity index (χ0n) is 22.1. The minimum atomic E-state index is -5.08. The number of fused-ring (bicyclic) bond motifs is 3. The van der Waals surface area contributed by atoms with Gasteiger partial charge in [0.2, 0.25) is 0 Å². The third-order valence-electron chi connectivity index (χ3n) is 7.44. The van der Waals surface area contributed by atoms with E-state index in [1.165, 1.54) is 48.2 Å². The molecule has 0 bridgehead atoms. The van der Waals surface area contributed by atoms with Gasteiger partial charge in [-0.1, -0.05) is 0 Å². The molecule has 0 atom stereocenters. The van der Waals surface area contributed by atoms with Crippen molar-refractivity contribution in [2.75, 3.05) is 6.16 Å². The Balaban J connectivity index is 0.000000431. The molecule has 2 nitrogen and oxygen atoms in total. The van der Waals surface area contributed by atoms with Crippen LogP contribution < -0.4 is 15.9 Å². The normalized spacial score (nSPS) is 12.1. The van der Waals surface area contributed by atoms with Gasteiger partial charge in [-0.25, -0.2) is 4.79 Å². The molecule has 6 rings (SSSR count). The predicted octanol–water partition coefficient (Wildman–Crippen LogP) is 7.99. The molecule has 1 N–H and O–H groups in total. The summed E-state index contributed by atoms with van der Waals surface area (Å²) in [5, 5.41) is 19.4. The van der Waals surface area contributed by atoms with Crippen LogP contribution in [0.3, 0.4) is 0 Å². The molecule has 0 spiro atoms. The first-order valence-corrected chi connectivity index (χ1v) is 15.3. The first-order chi connectivity index (χ1) is 19.8. The zero-order valence-corrected chi connectivity index (χ0v) is 23.1. The Labute approximate surface area is 236 Å². The van der Waals surface area contributed by atoms with Gasteiger partial charge in [-0.3, -0.25) is 0 Å². The van der Waals surface area contributed by atoms with Crippen LogP contribution in [0.5, 0.6) is 0 Å². The third kappa shape index (κ3) is 5.33. The summed E-state index contributed by atoms with van der Waals surface area (Å²) in [6.45, 7) is 4.30. The Morgan fingerprint density at radius 3 is 1.20 bits per heavy atom. The number of aliphatic carboxylic acids is 1. The molecule has 6 aromatic rings. The monoisotopic (exact) mass is 568 g/mol. The number of carboxylic acid groups (broad SMARTS) is 1. The molecule has 0 fully saturated rings. The Bertz CT molecular complexity index is 1670. The fraction of sp³-hybridized carbons (Fsp3) is 0.0571. The molecule has 0 unspecified atom stereocenters. The van der Waals surface area contributed by atoms with Crippen molar-refractivity contribution in [3.05, 3.63) is 140 Å². The van der Waals surface area contributed by atoms with E-state index in [4.69, 9.17) is 9.90 Å². The number of hydrogen-bond donors (Lipinski definition) is 1. The number of carboxylic acids is 1. The van der Waals surface area contributed by atoms with E-state index < -0.39 is 19.4 Å². The van der Waals surface area contributed by atoms with Gasteiger partial charge in [-0.15, -0.1) is 0 Å². The molecule has 41 heavy (non-hydrogen) atoms. The Kier molecular flexibility index (Phi) is 7.92. The molecule has 0 amide bonds. The average Bonchev–Trinajstić information content (AvgIpc) is 2.99. The number of benzene rings is 6. The van der Waals surface area contributed by atoms with E-state index in [2.05, 4.69) is 140 Å². The minimum absolute atomic E-state index is 0.934. The second-order valence-corrected chi connectivity index (χ2v) is 13.6. The number of halogens is 3. The molecule has 0 aliphatic rings. The van der Waals surface area contributed by atoms with E-state index in [-0.39, 0.29) is 0 Å². The van der Waals surface area contributed by atoms with Crippen molar-refractivity contribution < 1.29 is 23.1 Å². The molecule has 6 aromatic carbocycles. The topological polar surface area (TPSA) is 37.3 Å². The minimum Gasteiger partial charge on any atom is -0.475 e. The maximum Gasteiger partial charge on any atom is 0.490 e. The Morgan fingerprint density at radius 1 is 0.610 bits per heavy atom. The molecule has 0 aliphatic carbocycles. The third-order valence-corrected chi connectivity index (χ3v) is 12.4. The predicted molar refractivity (Wildman–Crippen MR) is 168 cm³/mol. The number of hydrogen-bond acceptors (Lipinski definition) is 1. The fourth-order valence-corrected chi connectivity index (χ4v) is 10.9. The molecule has 206 valence electrons. The van der Waals surface area contributed by atoms with Crippen LogP contribution in [0.2, 0.25) is 0 Å². The van der Waals surface area contributed by atoms with Crippen LogP contribution in [0.25, 0.3) is 32.3 Å². The van der Waals surface area contributed by atoms with Crippen LogP contribution in [0, 0.1) is 0 Å². The van der Waals surface area contributed by atoms with E-state index >= 15 is 0 Å². The summed E-state index contributed by atoms with van der Waals surface area (Å²) in [6, 6.07) is 47.1. The van der Waals surface area contributed by atoms with Gasteiger partial charge < -0.3 is 5.11 Å². The molecule has 0 radical (unpaired) electrons. The van der Waals surface area contributed by atoms with Crippen LogP contribution >= 0.6 is 7.26 Å². The summed E-state index contributed by atoms with van der Waals surface area (Å²) in [5.41, 5.74) is 0. The largest absolute Gasteiger partial charge is 0.490 e. The van der Waals surface area contributed by atoms with Crippen LogP contribution in [-0.4, -0.2) is 23.4 Å². The summed E-state index contributed by atoms with van der Waals surface area (Å²) in [5.74, 6) is -2.76. The van der Waals surface area contributed by atoms with Crippen molar-refractivity contribution in [1.82, 2.24) is 0 Å². The first kappa shape index (κ1) is 28.1. The molecular formula is C35H28F3O2P. The number of allylic oxidation sites excluding steroid dienone is 1. The standard InChI is InChI=1S/C33H27P.C2HF3O2/c1-2-24-34(31-21-9-15-25-12-3-6-18-28(25)31,32-22-10-16-26-13-4-7-19-29(26)32)33-23-11-17-27-14-5-8-20-30(27)33;3-2(4,5)1(6)7/h2-23,34H,1,24H2;(H,6,7). The summed E-state index contributed by atoms with van der Waals surface area (Å²) >= 11 is 0. The van der Waals surface area contributed by atoms with Crippen molar-refractivity contribution in [2.24, 2.45) is 0 Å². The van der Waals surface area contributed by atoms with E-state index in [0.717, 1.165) is 6.16 Å². The molecule has 0 heterocycles. The smallest absolute Gasteiger partial charge is 0.475 e.